The lowest BCUT2D eigenvalue weighted by Crippen LogP contribution is -2.31. The number of aliphatic carboxylic acids is 1. The van der Waals surface area contributed by atoms with Gasteiger partial charge in [0.05, 0.1) is 0 Å². The van der Waals surface area contributed by atoms with Crippen molar-refractivity contribution in [3.63, 3.8) is 0 Å². The van der Waals surface area contributed by atoms with Gasteiger partial charge in [0.25, 0.3) is 0 Å². The van der Waals surface area contributed by atoms with Gasteiger partial charge in [-0.15, -0.1) is 0 Å². The molecule has 48 valence electrons. The molecule has 1 aliphatic rings. The van der Waals surface area contributed by atoms with Crippen LogP contribution in [-0.4, -0.2) is 17.1 Å². The second kappa shape index (κ2) is 2.35. The molecule has 0 amide bonds. The molecule has 1 atom stereocenters. The van der Waals surface area contributed by atoms with E-state index in [2.05, 4.69) is 0 Å². The molecule has 9 heavy (non-hydrogen) atoms. The lowest BCUT2D eigenvalue weighted by Gasteiger charge is -2.08. The van der Waals surface area contributed by atoms with Crippen LogP contribution in [0.3, 0.4) is 0 Å². The van der Waals surface area contributed by atoms with Gasteiger partial charge in [0.15, 0.2) is 1.41 Å². The second-order valence-electron chi connectivity index (χ2n) is 1.66. The molecule has 1 aliphatic heterocycles. The van der Waals surface area contributed by atoms with E-state index < -0.39 is 12.0 Å². The van der Waals surface area contributed by atoms with Crippen molar-refractivity contribution >= 4 is 5.97 Å². The molecule has 0 radical (unpaired) electrons. The Bertz CT molecular complexity index is 200. The van der Waals surface area contributed by atoms with Crippen molar-refractivity contribution in [1.82, 2.24) is 5.31 Å². The van der Waals surface area contributed by atoms with Crippen LogP contribution in [0.1, 0.15) is 0 Å². The number of nitrogens with one attached hydrogen (secondary N) is 1. The largest absolute Gasteiger partial charge is 0.479 e. The number of carboxylic acids is 1. The van der Waals surface area contributed by atoms with E-state index in [4.69, 9.17) is 6.52 Å². The predicted molar refractivity (Wildman–Crippen MR) is 32.8 cm³/mol. The monoisotopic (exact) mass is 126 g/mol. The van der Waals surface area contributed by atoms with E-state index in [1.807, 2.05) is 0 Å². The molecule has 0 aliphatic carbocycles. The van der Waals surface area contributed by atoms with Gasteiger partial charge in [-0.05, 0) is 12.3 Å². The van der Waals surface area contributed by atoms with E-state index in [0.29, 0.717) is 0 Å². The summed E-state index contributed by atoms with van der Waals surface area (Å²) in [6.07, 6.45) is 6.09. The van der Waals surface area contributed by atoms with Crippen LogP contribution in [-0.2, 0) is 4.79 Å². The number of rotatable bonds is 1. The summed E-state index contributed by atoms with van der Waals surface area (Å²) in [6, 6.07) is -0.829. The summed E-state index contributed by atoms with van der Waals surface area (Å²) >= 11 is 0. The maximum Gasteiger partial charge on any atom is 0.330 e. The number of carboxylic acid groups (broad SMARTS) is 1. The number of hydrogen-bond donors (Lipinski definition) is 2. The summed E-state index contributed by atoms with van der Waals surface area (Å²) in [5, 5.41) is 9.35. The summed E-state index contributed by atoms with van der Waals surface area (Å²) in [5.41, 5.74) is 0. The minimum atomic E-state index is -1.00. The zero-order valence-electron chi connectivity index (χ0n) is 5.69. The highest BCUT2D eigenvalue weighted by atomic mass is 16.4. The Hall–Kier alpha value is -1.25. The Kier molecular flexibility index (Phi) is 1.20. The number of allylic oxidation sites excluding steroid dienone is 2. The Morgan fingerprint density at radius 2 is 2.56 bits per heavy atom. The molecule has 0 aromatic rings. The molecule has 0 spiro atoms. The fourth-order valence-corrected chi connectivity index (χ4v) is 0.557. The topological polar surface area (TPSA) is 49.3 Å². The lowest BCUT2D eigenvalue weighted by molar-refractivity contribution is -0.137. The first-order valence-corrected chi connectivity index (χ1v) is 2.57. The minimum absolute atomic E-state index is 0.829. The van der Waals surface area contributed by atoms with Crippen LogP contribution in [0.25, 0.3) is 0 Å². The summed E-state index contributed by atoms with van der Waals surface area (Å²) in [4.78, 5) is 10.3. The van der Waals surface area contributed by atoms with Crippen molar-refractivity contribution in [2.75, 3.05) is 0 Å². The predicted octanol–water partition coefficient (Wildman–Crippen LogP) is 0.113. The van der Waals surface area contributed by atoms with Crippen LogP contribution >= 0.6 is 0 Å². The smallest absolute Gasteiger partial charge is 0.330 e. The van der Waals surface area contributed by atoms with Crippen molar-refractivity contribution < 1.29 is 11.3 Å². The minimum Gasteiger partial charge on any atom is -0.479 e. The highest BCUT2D eigenvalue weighted by Crippen LogP contribution is 1.92. The van der Waals surface area contributed by atoms with Gasteiger partial charge in [-0.3, -0.25) is 0 Å². The second-order valence-corrected chi connectivity index (χ2v) is 1.66. The first kappa shape index (κ1) is 4.61. The van der Waals surface area contributed by atoms with Gasteiger partial charge in [0, 0.05) is 0 Å². The normalized spacial score (nSPS) is 26.0. The third-order valence-corrected chi connectivity index (χ3v) is 0.990. The highest BCUT2D eigenvalue weighted by Gasteiger charge is 2.11. The van der Waals surface area contributed by atoms with Crippen LogP contribution < -0.4 is 5.31 Å². The average Bonchev–Trinajstić information content (AvgIpc) is 1.88. The fourth-order valence-electron chi connectivity index (χ4n) is 0.557. The SMILES string of the molecule is [2H]N1C=CC=CC1C(=O)O. The van der Waals surface area contributed by atoms with E-state index in [-0.39, 0.29) is 0 Å². The molecule has 0 aromatic heterocycles. The maximum atomic E-state index is 10.3. The lowest BCUT2D eigenvalue weighted by atomic mass is 10.2. The maximum absolute atomic E-state index is 10.3. The number of carbonyl (C=O) groups is 1. The van der Waals surface area contributed by atoms with Crippen LogP contribution in [0, 0.1) is 0 Å². The first-order valence-electron chi connectivity index (χ1n) is 3.01. The summed E-state index contributed by atoms with van der Waals surface area (Å²) in [7, 11) is 0. The van der Waals surface area contributed by atoms with E-state index in [1.54, 1.807) is 12.2 Å². The molecule has 0 fully saturated rings. The van der Waals surface area contributed by atoms with Gasteiger partial charge >= 0.3 is 5.97 Å². The molecule has 1 rings (SSSR count). The first-order chi connectivity index (χ1) is 4.72. The van der Waals surface area contributed by atoms with E-state index >= 15 is 0 Å². The van der Waals surface area contributed by atoms with Crippen molar-refractivity contribution in [2.24, 2.45) is 0 Å². The van der Waals surface area contributed by atoms with E-state index in [9.17, 15) is 4.79 Å². The third kappa shape index (κ3) is 1.32. The number of hydrogen-bond acceptors (Lipinski definition) is 2. The average molecular weight is 126 g/mol. The van der Waals surface area contributed by atoms with Crippen molar-refractivity contribution in [1.29, 1.82) is 0 Å². The summed E-state index contributed by atoms with van der Waals surface area (Å²) < 4.78 is 7.07. The molecule has 0 saturated heterocycles. The standard InChI is InChI=1S/C6H7NO2/c8-6(9)5-3-1-2-4-7-5/h1-5,7H,(H,8,9)/i/hD. The molecular weight excluding hydrogens is 118 g/mol. The molecule has 0 aromatic carbocycles. The van der Waals surface area contributed by atoms with Crippen LogP contribution in [0.15, 0.2) is 24.4 Å². The Morgan fingerprint density at radius 3 is 3.00 bits per heavy atom. The molecule has 2 N–H and O–H groups in total. The van der Waals surface area contributed by atoms with Gasteiger partial charge in [0.1, 0.15) is 6.04 Å². The van der Waals surface area contributed by atoms with Crippen LogP contribution in [0.4, 0.5) is 0 Å². The molecule has 3 nitrogen and oxygen atoms in total. The van der Waals surface area contributed by atoms with E-state index in [1.165, 1.54) is 12.3 Å². The Labute approximate surface area is 54.1 Å². The Balaban J connectivity index is 2.70. The van der Waals surface area contributed by atoms with Crippen LogP contribution in [0.5, 0.6) is 0 Å². The quantitative estimate of drug-likeness (QED) is 0.524. The zero-order chi connectivity index (χ0) is 7.56. The van der Waals surface area contributed by atoms with Crippen molar-refractivity contribution in [3.05, 3.63) is 24.4 Å². The molecule has 3 heteroatoms. The van der Waals surface area contributed by atoms with Gasteiger partial charge < -0.3 is 10.4 Å². The van der Waals surface area contributed by atoms with Gasteiger partial charge in [-0.2, -0.15) is 0 Å². The molecule has 0 bridgehead atoms. The van der Waals surface area contributed by atoms with E-state index in [0.717, 1.165) is 5.31 Å². The van der Waals surface area contributed by atoms with Crippen LogP contribution in [0.2, 0.25) is 1.41 Å². The molecular formula is C6H7NO2. The number of dihydropyridines is 1. The highest BCUT2D eigenvalue weighted by molar-refractivity contribution is 5.76. The van der Waals surface area contributed by atoms with Crippen molar-refractivity contribution in [2.45, 2.75) is 6.04 Å². The molecule has 1 unspecified atom stereocenters. The Morgan fingerprint density at radius 1 is 1.78 bits per heavy atom. The zero-order valence-corrected chi connectivity index (χ0v) is 4.69. The van der Waals surface area contributed by atoms with Gasteiger partial charge in [0.2, 0.25) is 0 Å². The summed E-state index contributed by atoms with van der Waals surface area (Å²) in [6.45, 7) is 0. The fraction of sp³-hybridized carbons (Fsp3) is 0.167. The molecule has 1 heterocycles. The summed E-state index contributed by atoms with van der Waals surface area (Å²) in [5.74, 6) is -1.00. The van der Waals surface area contributed by atoms with Gasteiger partial charge in [-0.1, -0.05) is 12.2 Å². The molecule has 0 saturated carbocycles. The third-order valence-electron chi connectivity index (χ3n) is 0.990. The van der Waals surface area contributed by atoms with Gasteiger partial charge in [-0.25, -0.2) is 4.79 Å². The van der Waals surface area contributed by atoms with Crippen molar-refractivity contribution in [3.8, 4) is 0 Å².